The fourth-order valence-corrected chi connectivity index (χ4v) is 1.94. The monoisotopic (exact) mass is 200 g/mol. The van der Waals surface area contributed by atoms with Crippen molar-refractivity contribution in [2.45, 2.75) is 51.8 Å². The molecule has 0 aromatic carbocycles. The number of piperidine rings is 1. The average molecular weight is 200 g/mol. The van der Waals surface area contributed by atoms with Gasteiger partial charge in [-0.1, -0.05) is 20.8 Å². The van der Waals surface area contributed by atoms with E-state index in [-0.39, 0.29) is 12.1 Å². The summed E-state index contributed by atoms with van der Waals surface area (Å²) in [6.45, 7) is 8.20. The quantitative estimate of drug-likeness (QED) is 0.627. The molecule has 3 nitrogen and oxygen atoms in total. The van der Waals surface area contributed by atoms with Crippen molar-refractivity contribution < 1.29 is 5.11 Å². The van der Waals surface area contributed by atoms with Crippen molar-refractivity contribution in [1.29, 1.82) is 0 Å². The number of aliphatic hydroxyl groups excluding tert-OH is 1. The van der Waals surface area contributed by atoms with Crippen LogP contribution in [0.2, 0.25) is 0 Å². The average Bonchev–Trinajstić information content (AvgIpc) is 2.14. The molecule has 3 N–H and O–H groups in total. The smallest absolute Gasteiger partial charge is 0.0817 e. The molecule has 1 heterocycles. The Balaban J connectivity index is 2.25. The molecule has 1 aliphatic rings. The second kappa shape index (κ2) is 5.69. The van der Waals surface area contributed by atoms with E-state index in [1.54, 1.807) is 0 Å². The van der Waals surface area contributed by atoms with Crippen LogP contribution in [0.25, 0.3) is 0 Å². The molecule has 84 valence electrons. The van der Waals surface area contributed by atoms with E-state index in [0.717, 1.165) is 18.9 Å². The van der Waals surface area contributed by atoms with Crippen LogP contribution in [0, 0.1) is 5.92 Å². The molecule has 0 aromatic heterocycles. The van der Waals surface area contributed by atoms with Crippen molar-refractivity contribution in [2.75, 3.05) is 13.1 Å². The fourth-order valence-electron chi connectivity index (χ4n) is 1.94. The summed E-state index contributed by atoms with van der Waals surface area (Å²) < 4.78 is 0. The minimum atomic E-state index is -0.250. The highest BCUT2D eigenvalue weighted by Crippen LogP contribution is 2.16. The normalized spacial score (nSPS) is 30.6. The number of rotatable bonds is 4. The van der Waals surface area contributed by atoms with Crippen LogP contribution in [0.5, 0.6) is 0 Å². The zero-order chi connectivity index (χ0) is 10.6. The molecule has 3 unspecified atom stereocenters. The van der Waals surface area contributed by atoms with E-state index in [4.69, 9.17) is 0 Å². The molecule has 0 spiro atoms. The molecule has 0 aromatic rings. The summed E-state index contributed by atoms with van der Waals surface area (Å²) in [7, 11) is 0. The molecular formula is C11H24N2O. The first-order chi connectivity index (χ1) is 6.59. The van der Waals surface area contributed by atoms with E-state index in [2.05, 4.69) is 31.4 Å². The maximum atomic E-state index is 9.92. The SMILES string of the molecule is CC1CCNC(C(O)CNC(C)C)C1. The summed E-state index contributed by atoms with van der Waals surface area (Å²) in [5.74, 6) is 0.745. The third-order valence-corrected chi connectivity index (χ3v) is 2.90. The standard InChI is InChI=1S/C11H24N2O/c1-8(2)13-7-11(14)10-6-9(3)4-5-12-10/h8-14H,4-7H2,1-3H3. The zero-order valence-corrected chi connectivity index (χ0v) is 9.59. The summed E-state index contributed by atoms with van der Waals surface area (Å²) >= 11 is 0. The molecule has 3 heteroatoms. The number of hydrogen-bond acceptors (Lipinski definition) is 3. The highest BCUT2D eigenvalue weighted by molar-refractivity contribution is 4.83. The number of hydrogen-bond donors (Lipinski definition) is 3. The second-order valence-corrected chi connectivity index (χ2v) is 4.82. The lowest BCUT2D eigenvalue weighted by Gasteiger charge is -2.32. The molecule has 1 rings (SSSR count). The topological polar surface area (TPSA) is 44.3 Å². The molecule has 1 aliphatic heterocycles. The summed E-state index contributed by atoms with van der Waals surface area (Å²) in [4.78, 5) is 0. The van der Waals surface area contributed by atoms with Gasteiger partial charge in [0.15, 0.2) is 0 Å². The van der Waals surface area contributed by atoms with Crippen LogP contribution in [0.15, 0.2) is 0 Å². The Hall–Kier alpha value is -0.120. The molecule has 0 radical (unpaired) electrons. The maximum Gasteiger partial charge on any atom is 0.0817 e. The third-order valence-electron chi connectivity index (χ3n) is 2.90. The lowest BCUT2D eigenvalue weighted by atomic mass is 9.91. The van der Waals surface area contributed by atoms with Gasteiger partial charge in [0.1, 0.15) is 0 Å². The lowest BCUT2D eigenvalue weighted by molar-refractivity contribution is 0.0981. The minimum Gasteiger partial charge on any atom is -0.390 e. The molecule has 0 saturated carbocycles. The van der Waals surface area contributed by atoms with Gasteiger partial charge in [0.25, 0.3) is 0 Å². The van der Waals surface area contributed by atoms with Gasteiger partial charge in [0.05, 0.1) is 6.10 Å². The molecule has 14 heavy (non-hydrogen) atoms. The van der Waals surface area contributed by atoms with Crippen molar-refractivity contribution in [3.63, 3.8) is 0 Å². The zero-order valence-electron chi connectivity index (χ0n) is 9.59. The fraction of sp³-hybridized carbons (Fsp3) is 1.00. The van der Waals surface area contributed by atoms with Crippen LogP contribution in [0.4, 0.5) is 0 Å². The Bertz CT molecular complexity index is 161. The molecule has 0 amide bonds. The highest BCUT2D eigenvalue weighted by Gasteiger charge is 2.24. The molecule has 0 aliphatic carbocycles. The van der Waals surface area contributed by atoms with Gasteiger partial charge < -0.3 is 15.7 Å². The predicted molar refractivity (Wildman–Crippen MR) is 59.3 cm³/mol. The molecular weight excluding hydrogens is 176 g/mol. The van der Waals surface area contributed by atoms with Crippen LogP contribution in [-0.2, 0) is 0 Å². The van der Waals surface area contributed by atoms with Gasteiger partial charge in [0.2, 0.25) is 0 Å². The van der Waals surface area contributed by atoms with Crippen LogP contribution >= 0.6 is 0 Å². The molecule has 1 saturated heterocycles. The summed E-state index contributed by atoms with van der Waals surface area (Å²) in [6, 6.07) is 0.732. The molecule has 1 fully saturated rings. The van der Waals surface area contributed by atoms with E-state index >= 15 is 0 Å². The van der Waals surface area contributed by atoms with Crippen molar-refractivity contribution in [1.82, 2.24) is 10.6 Å². The Morgan fingerprint density at radius 1 is 1.50 bits per heavy atom. The second-order valence-electron chi connectivity index (χ2n) is 4.82. The first-order valence-electron chi connectivity index (χ1n) is 5.74. The van der Waals surface area contributed by atoms with E-state index in [9.17, 15) is 5.11 Å². The van der Waals surface area contributed by atoms with Gasteiger partial charge in [-0.05, 0) is 25.3 Å². The van der Waals surface area contributed by atoms with E-state index < -0.39 is 0 Å². The van der Waals surface area contributed by atoms with Crippen LogP contribution in [0.3, 0.4) is 0 Å². The van der Waals surface area contributed by atoms with Gasteiger partial charge >= 0.3 is 0 Å². The van der Waals surface area contributed by atoms with Gasteiger partial charge in [-0.15, -0.1) is 0 Å². The predicted octanol–water partition coefficient (Wildman–Crippen LogP) is 0.733. The third kappa shape index (κ3) is 3.95. The van der Waals surface area contributed by atoms with E-state index in [1.165, 1.54) is 6.42 Å². The maximum absolute atomic E-state index is 9.92. The Labute approximate surface area is 87.3 Å². The summed E-state index contributed by atoms with van der Waals surface area (Å²) in [6.07, 6.45) is 2.09. The van der Waals surface area contributed by atoms with Gasteiger partial charge in [-0.25, -0.2) is 0 Å². The Morgan fingerprint density at radius 2 is 2.21 bits per heavy atom. The van der Waals surface area contributed by atoms with Gasteiger partial charge in [-0.2, -0.15) is 0 Å². The van der Waals surface area contributed by atoms with Crippen molar-refractivity contribution in [2.24, 2.45) is 5.92 Å². The minimum absolute atomic E-state index is 0.250. The van der Waals surface area contributed by atoms with Gasteiger partial charge in [-0.3, -0.25) is 0 Å². The van der Waals surface area contributed by atoms with E-state index in [0.29, 0.717) is 12.6 Å². The van der Waals surface area contributed by atoms with Crippen LogP contribution < -0.4 is 10.6 Å². The first kappa shape index (κ1) is 12.0. The van der Waals surface area contributed by atoms with Crippen molar-refractivity contribution >= 4 is 0 Å². The largest absolute Gasteiger partial charge is 0.390 e. The van der Waals surface area contributed by atoms with E-state index in [1.807, 2.05) is 0 Å². The van der Waals surface area contributed by atoms with Gasteiger partial charge in [0, 0.05) is 18.6 Å². The number of aliphatic hydroxyl groups is 1. The first-order valence-corrected chi connectivity index (χ1v) is 5.74. The summed E-state index contributed by atoms with van der Waals surface area (Å²) in [5.41, 5.74) is 0. The van der Waals surface area contributed by atoms with Crippen molar-refractivity contribution in [3.05, 3.63) is 0 Å². The lowest BCUT2D eigenvalue weighted by Crippen LogP contribution is -2.49. The highest BCUT2D eigenvalue weighted by atomic mass is 16.3. The number of nitrogens with one attached hydrogen (secondary N) is 2. The van der Waals surface area contributed by atoms with Crippen LogP contribution in [0.1, 0.15) is 33.6 Å². The summed E-state index contributed by atoms with van der Waals surface area (Å²) in [5, 5.41) is 16.6. The Kier molecular flexibility index (Phi) is 4.85. The molecule has 3 atom stereocenters. The van der Waals surface area contributed by atoms with Crippen LogP contribution in [-0.4, -0.2) is 36.4 Å². The molecule has 0 bridgehead atoms. The van der Waals surface area contributed by atoms with Crippen molar-refractivity contribution in [3.8, 4) is 0 Å². The Morgan fingerprint density at radius 3 is 2.79 bits per heavy atom.